The van der Waals surface area contributed by atoms with Gasteiger partial charge in [0.25, 0.3) is 0 Å². The molecule has 1 heterocycles. The Morgan fingerprint density at radius 3 is 1.97 bits per heavy atom. The zero-order valence-corrected chi connectivity index (χ0v) is 21.2. The average molecular weight is 478 g/mol. The van der Waals surface area contributed by atoms with Gasteiger partial charge in [-0.15, -0.1) is 0 Å². The zero-order chi connectivity index (χ0) is 24.3. The molecule has 3 rings (SSSR count). The van der Waals surface area contributed by atoms with E-state index in [0.717, 1.165) is 25.0 Å². The van der Waals surface area contributed by atoms with Gasteiger partial charge in [-0.05, 0) is 62.2 Å². The summed E-state index contributed by atoms with van der Waals surface area (Å²) in [5, 5.41) is 0. The molecule has 1 atom stereocenters. The second-order valence-corrected chi connectivity index (χ2v) is 15.1. The standard InChI is InChI=1S/C25H34BF3O3Si/c1-23(2)18-30-26(31-19-23)24(32-33(3,4)5,17-9-12-20-10-7-6-8-11-20)21-13-15-22(16-14-21)25(27,28)29/h6-8,10-11,13-16H,9,12,17-19H2,1-5H3. The maximum Gasteiger partial charge on any atom is 0.494 e. The normalized spacial score (nSPS) is 18.7. The first-order valence-electron chi connectivity index (χ1n) is 11.5. The molecule has 8 heteroatoms. The Kier molecular flexibility index (Phi) is 7.83. The Balaban J connectivity index is 1.98. The van der Waals surface area contributed by atoms with Crippen molar-refractivity contribution in [3.63, 3.8) is 0 Å². The van der Waals surface area contributed by atoms with E-state index in [0.29, 0.717) is 25.2 Å². The summed E-state index contributed by atoms with van der Waals surface area (Å²) < 4.78 is 58.9. The molecule has 0 N–H and O–H groups in total. The molecule has 0 aliphatic carbocycles. The number of aryl methyl sites for hydroxylation is 1. The quantitative estimate of drug-likeness (QED) is 0.388. The van der Waals surface area contributed by atoms with Gasteiger partial charge in [0, 0.05) is 18.6 Å². The predicted octanol–water partition coefficient (Wildman–Crippen LogP) is 6.88. The molecular formula is C25H34BF3O3Si. The van der Waals surface area contributed by atoms with Crippen molar-refractivity contribution in [1.82, 2.24) is 0 Å². The molecule has 180 valence electrons. The lowest BCUT2D eigenvalue weighted by atomic mass is 9.59. The minimum absolute atomic E-state index is 0.133. The van der Waals surface area contributed by atoms with Gasteiger partial charge in [0.05, 0.1) is 5.56 Å². The summed E-state index contributed by atoms with van der Waals surface area (Å²) in [6.07, 6.45) is -2.21. The number of alkyl halides is 3. The number of hydrogen-bond donors (Lipinski definition) is 0. The van der Waals surface area contributed by atoms with E-state index in [1.54, 1.807) is 0 Å². The molecule has 33 heavy (non-hydrogen) atoms. The molecule has 0 saturated carbocycles. The predicted molar refractivity (Wildman–Crippen MR) is 128 cm³/mol. The zero-order valence-electron chi connectivity index (χ0n) is 20.2. The Morgan fingerprint density at radius 2 is 1.45 bits per heavy atom. The van der Waals surface area contributed by atoms with Gasteiger partial charge in [0.1, 0.15) is 5.50 Å². The van der Waals surface area contributed by atoms with Crippen LogP contribution in [0.25, 0.3) is 0 Å². The first-order chi connectivity index (χ1) is 15.3. The monoisotopic (exact) mass is 478 g/mol. The van der Waals surface area contributed by atoms with Crippen molar-refractivity contribution in [2.45, 2.75) is 64.4 Å². The lowest BCUT2D eigenvalue weighted by Gasteiger charge is -2.46. The van der Waals surface area contributed by atoms with Gasteiger partial charge in [-0.3, -0.25) is 0 Å². The van der Waals surface area contributed by atoms with Gasteiger partial charge in [-0.2, -0.15) is 13.2 Å². The van der Waals surface area contributed by atoms with E-state index in [2.05, 4.69) is 45.6 Å². The van der Waals surface area contributed by atoms with Crippen molar-refractivity contribution in [3.8, 4) is 0 Å². The number of rotatable bonds is 8. The molecule has 1 unspecified atom stereocenters. The molecule has 1 fully saturated rings. The van der Waals surface area contributed by atoms with Crippen LogP contribution in [-0.2, 0) is 31.8 Å². The van der Waals surface area contributed by atoms with Crippen LogP contribution in [0.1, 0.15) is 43.4 Å². The van der Waals surface area contributed by atoms with Gasteiger partial charge in [0.15, 0.2) is 8.32 Å². The highest BCUT2D eigenvalue weighted by molar-refractivity contribution is 6.70. The average Bonchev–Trinajstić information content (AvgIpc) is 2.72. The van der Waals surface area contributed by atoms with Crippen molar-refractivity contribution in [2.75, 3.05) is 13.2 Å². The van der Waals surface area contributed by atoms with Crippen molar-refractivity contribution in [3.05, 3.63) is 71.3 Å². The lowest BCUT2D eigenvalue weighted by molar-refractivity contribution is -0.137. The van der Waals surface area contributed by atoms with Crippen LogP contribution in [0.5, 0.6) is 0 Å². The minimum Gasteiger partial charge on any atom is -0.409 e. The molecule has 0 radical (unpaired) electrons. The second-order valence-electron chi connectivity index (χ2n) is 10.6. The minimum atomic E-state index is -4.39. The number of halogens is 3. The maximum absolute atomic E-state index is 13.2. The highest BCUT2D eigenvalue weighted by Crippen LogP contribution is 2.41. The van der Waals surface area contributed by atoms with Crippen LogP contribution >= 0.6 is 0 Å². The second kappa shape index (κ2) is 9.94. The van der Waals surface area contributed by atoms with Crippen molar-refractivity contribution in [1.29, 1.82) is 0 Å². The Labute approximate surface area is 196 Å². The summed E-state index contributed by atoms with van der Waals surface area (Å²) in [7, 11) is -2.85. The fourth-order valence-corrected chi connectivity index (χ4v) is 5.61. The van der Waals surface area contributed by atoms with Crippen LogP contribution in [0.4, 0.5) is 13.2 Å². The molecule has 0 aromatic heterocycles. The summed E-state index contributed by atoms with van der Waals surface area (Å²) in [4.78, 5) is 0. The first kappa shape index (κ1) is 26.0. The largest absolute Gasteiger partial charge is 0.494 e. The molecule has 0 bridgehead atoms. The third-order valence-electron chi connectivity index (χ3n) is 5.68. The Morgan fingerprint density at radius 1 is 0.909 bits per heavy atom. The Bertz CT molecular complexity index is 888. The van der Waals surface area contributed by atoms with Gasteiger partial charge in [-0.25, -0.2) is 0 Å². The van der Waals surface area contributed by atoms with Gasteiger partial charge in [-0.1, -0.05) is 56.3 Å². The first-order valence-corrected chi connectivity index (χ1v) is 14.9. The lowest BCUT2D eigenvalue weighted by Crippen LogP contribution is -2.58. The van der Waals surface area contributed by atoms with Crippen molar-refractivity contribution in [2.24, 2.45) is 5.41 Å². The summed E-state index contributed by atoms with van der Waals surface area (Å²) in [6, 6.07) is 15.5. The molecule has 0 amide bonds. The van der Waals surface area contributed by atoms with E-state index in [4.69, 9.17) is 13.7 Å². The fraction of sp³-hybridized carbons (Fsp3) is 0.520. The van der Waals surface area contributed by atoms with Gasteiger partial charge >= 0.3 is 13.3 Å². The molecule has 2 aromatic rings. The molecule has 1 aliphatic rings. The van der Waals surface area contributed by atoms with Crippen LogP contribution in [0.3, 0.4) is 0 Å². The smallest absolute Gasteiger partial charge is 0.409 e. The Hall–Kier alpha value is -1.61. The van der Waals surface area contributed by atoms with Gasteiger partial charge < -0.3 is 13.7 Å². The van der Waals surface area contributed by atoms with Crippen LogP contribution in [-0.4, -0.2) is 28.6 Å². The van der Waals surface area contributed by atoms with Crippen LogP contribution in [0.2, 0.25) is 19.6 Å². The summed E-state index contributed by atoms with van der Waals surface area (Å²) in [5.41, 5.74) is 0.0732. The van der Waals surface area contributed by atoms with E-state index in [1.165, 1.54) is 17.7 Å². The van der Waals surface area contributed by atoms with E-state index in [-0.39, 0.29) is 5.41 Å². The SMILES string of the molecule is CC1(C)COB(C(CCCc2ccccc2)(O[Si](C)(C)C)c2ccc(C(F)(F)F)cc2)OC1. The van der Waals surface area contributed by atoms with Gasteiger partial charge in [0.2, 0.25) is 0 Å². The highest BCUT2D eigenvalue weighted by atomic mass is 28.4. The molecule has 1 aliphatic heterocycles. The summed E-state index contributed by atoms with van der Waals surface area (Å²) in [6.45, 7) is 11.4. The molecular weight excluding hydrogens is 444 g/mol. The van der Waals surface area contributed by atoms with E-state index >= 15 is 0 Å². The highest BCUT2D eigenvalue weighted by Gasteiger charge is 2.53. The van der Waals surface area contributed by atoms with E-state index < -0.39 is 32.7 Å². The third kappa shape index (κ3) is 6.95. The van der Waals surface area contributed by atoms with E-state index in [9.17, 15) is 13.2 Å². The van der Waals surface area contributed by atoms with Crippen LogP contribution < -0.4 is 0 Å². The number of benzene rings is 2. The topological polar surface area (TPSA) is 27.7 Å². The fourth-order valence-electron chi connectivity index (χ4n) is 4.21. The van der Waals surface area contributed by atoms with Crippen molar-refractivity contribution < 1.29 is 26.9 Å². The maximum atomic E-state index is 13.2. The van der Waals surface area contributed by atoms with Crippen LogP contribution in [0.15, 0.2) is 54.6 Å². The third-order valence-corrected chi connectivity index (χ3v) is 6.65. The number of hydrogen-bond acceptors (Lipinski definition) is 3. The van der Waals surface area contributed by atoms with Crippen molar-refractivity contribution >= 4 is 15.4 Å². The molecule has 3 nitrogen and oxygen atoms in total. The molecule has 0 spiro atoms. The van der Waals surface area contributed by atoms with E-state index in [1.807, 2.05) is 18.2 Å². The van der Waals surface area contributed by atoms with Crippen LogP contribution in [0, 0.1) is 5.41 Å². The summed E-state index contributed by atoms with van der Waals surface area (Å²) in [5.74, 6) is 0. The summed E-state index contributed by atoms with van der Waals surface area (Å²) >= 11 is 0. The molecule has 1 saturated heterocycles. The molecule has 2 aromatic carbocycles.